The van der Waals surface area contributed by atoms with Gasteiger partial charge in [0.05, 0.1) is 17.2 Å². The van der Waals surface area contributed by atoms with Gasteiger partial charge in [-0.3, -0.25) is 14.3 Å². The molecular weight excluding hydrogens is 493 g/mol. The largest absolute Gasteiger partial charge is 0.416 e. The van der Waals surface area contributed by atoms with E-state index in [1.807, 2.05) is 0 Å². The predicted molar refractivity (Wildman–Crippen MR) is 117 cm³/mol. The zero-order chi connectivity index (χ0) is 25.2. The van der Waals surface area contributed by atoms with E-state index in [-0.39, 0.29) is 49.4 Å². The Hall–Kier alpha value is -3.79. The van der Waals surface area contributed by atoms with Crippen molar-refractivity contribution in [2.75, 3.05) is 0 Å². The first kappa shape index (κ1) is 23.0. The number of hydrogen-bond acceptors (Lipinski definition) is 3. The van der Waals surface area contributed by atoms with Crippen LogP contribution in [0.1, 0.15) is 43.6 Å². The highest BCUT2D eigenvalue weighted by Gasteiger charge is 2.38. The van der Waals surface area contributed by atoms with E-state index >= 15 is 0 Å². The molecule has 0 bridgehead atoms. The number of rotatable bonds is 3. The standard InChI is InChI=1S/C24H13ClF5N3O2/c1-33-18(9-34)16-8-14(10-4-11(24(28,29)30)6-13(27)5-10)19-20(22(16)32-33)23(35)31-21(19)15-7-12(26)2-3-17(15)25/h2-9,21H,1H3,(H,31,35). The number of hydrogen-bond donors (Lipinski definition) is 1. The van der Waals surface area contributed by atoms with Crippen LogP contribution in [-0.2, 0) is 13.2 Å². The molecule has 1 unspecified atom stereocenters. The summed E-state index contributed by atoms with van der Waals surface area (Å²) < 4.78 is 70.0. The maximum atomic E-state index is 14.3. The summed E-state index contributed by atoms with van der Waals surface area (Å²) in [6.45, 7) is 0. The molecule has 2 heterocycles. The van der Waals surface area contributed by atoms with Crippen LogP contribution in [0.3, 0.4) is 0 Å². The molecule has 1 aliphatic heterocycles. The molecule has 1 aromatic heterocycles. The van der Waals surface area contributed by atoms with Gasteiger partial charge in [0.2, 0.25) is 0 Å². The quantitative estimate of drug-likeness (QED) is 0.281. The Morgan fingerprint density at radius 3 is 2.51 bits per heavy atom. The summed E-state index contributed by atoms with van der Waals surface area (Å²) in [6, 6.07) is 5.79. The molecule has 1 amide bonds. The monoisotopic (exact) mass is 505 g/mol. The second kappa shape index (κ2) is 7.88. The average molecular weight is 506 g/mol. The number of aromatic nitrogens is 2. The molecule has 11 heteroatoms. The van der Waals surface area contributed by atoms with Crippen LogP contribution in [-0.4, -0.2) is 22.0 Å². The van der Waals surface area contributed by atoms with Crippen LogP contribution in [0.4, 0.5) is 22.0 Å². The molecule has 1 N–H and O–H groups in total. The fourth-order valence-corrected chi connectivity index (χ4v) is 4.65. The number of carbonyl (C=O) groups is 2. The number of benzene rings is 3. The minimum atomic E-state index is -4.84. The van der Waals surface area contributed by atoms with Crippen molar-refractivity contribution < 1.29 is 31.5 Å². The van der Waals surface area contributed by atoms with Gasteiger partial charge in [0.15, 0.2) is 6.29 Å². The van der Waals surface area contributed by atoms with Crippen LogP contribution in [0.5, 0.6) is 0 Å². The summed E-state index contributed by atoms with van der Waals surface area (Å²) in [7, 11) is 1.47. The number of carbonyl (C=O) groups excluding carboxylic acids is 2. The lowest BCUT2D eigenvalue weighted by atomic mass is 9.87. The fraction of sp³-hybridized carbons (Fsp3) is 0.125. The van der Waals surface area contributed by atoms with Gasteiger partial charge in [0, 0.05) is 28.6 Å². The number of aldehydes is 1. The maximum absolute atomic E-state index is 14.3. The lowest BCUT2D eigenvalue weighted by molar-refractivity contribution is -0.137. The lowest BCUT2D eigenvalue weighted by Crippen LogP contribution is -2.20. The number of nitrogens with zero attached hydrogens (tertiary/aromatic N) is 2. The molecule has 0 fully saturated rings. The second-order valence-electron chi connectivity index (χ2n) is 8.03. The van der Waals surface area contributed by atoms with Crippen molar-refractivity contribution in [1.82, 2.24) is 15.1 Å². The van der Waals surface area contributed by atoms with Gasteiger partial charge >= 0.3 is 6.18 Å². The van der Waals surface area contributed by atoms with Crippen molar-refractivity contribution in [2.24, 2.45) is 7.05 Å². The van der Waals surface area contributed by atoms with Gasteiger partial charge in [0.25, 0.3) is 5.91 Å². The zero-order valence-electron chi connectivity index (χ0n) is 17.7. The van der Waals surface area contributed by atoms with Gasteiger partial charge in [-0.1, -0.05) is 11.6 Å². The summed E-state index contributed by atoms with van der Waals surface area (Å²) >= 11 is 6.28. The minimum Gasteiger partial charge on any atom is -0.341 e. The van der Waals surface area contributed by atoms with Crippen LogP contribution in [0, 0.1) is 11.6 Å². The number of halogens is 6. The van der Waals surface area contributed by atoms with Crippen molar-refractivity contribution in [3.05, 3.63) is 87.1 Å². The lowest BCUT2D eigenvalue weighted by Gasteiger charge is -2.19. The van der Waals surface area contributed by atoms with E-state index < -0.39 is 35.3 Å². The smallest absolute Gasteiger partial charge is 0.341 e. The van der Waals surface area contributed by atoms with E-state index in [9.17, 15) is 31.5 Å². The third-order valence-corrected chi connectivity index (χ3v) is 6.27. The molecule has 1 aliphatic rings. The molecule has 178 valence electrons. The normalized spacial score (nSPS) is 15.4. The Bertz CT molecular complexity index is 1560. The van der Waals surface area contributed by atoms with E-state index in [1.54, 1.807) is 0 Å². The summed E-state index contributed by atoms with van der Waals surface area (Å²) in [5.74, 6) is -2.45. The highest BCUT2D eigenvalue weighted by atomic mass is 35.5. The summed E-state index contributed by atoms with van der Waals surface area (Å²) in [6.07, 6.45) is -4.35. The molecule has 3 aromatic carbocycles. The van der Waals surface area contributed by atoms with Crippen molar-refractivity contribution in [2.45, 2.75) is 12.2 Å². The van der Waals surface area contributed by atoms with Gasteiger partial charge in [-0.05, 0) is 53.6 Å². The Labute approximate surface area is 199 Å². The van der Waals surface area contributed by atoms with Crippen molar-refractivity contribution in [1.29, 1.82) is 0 Å². The fourth-order valence-electron chi connectivity index (χ4n) is 4.43. The first-order chi connectivity index (χ1) is 16.5. The first-order valence-electron chi connectivity index (χ1n) is 10.1. The van der Waals surface area contributed by atoms with Gasteiger partial charge in [-0.2, -0.15) is 18.3 Å². The Morgan fingerprint density at radius 2 is 1.83 bits per heavy atom. The number of alkyl halides is 3. The molecule has 0 saturated carbocycles. The van der Waals surface area contributed by atoms with Crippen LogP contribution in [0.2, 0.25) is 5.02 Å². The number of fused-ring (bicyclic) bond motifs is 3. The number of nitrogens with one attached hydrogen (secondary N) is 1. The molecule has 0 aliphatic carbocycles. The van der Waals surface area contributed by atoms with E-state index in [0.29, 0.717) is 12.4 Å². The highest BCUT2D eigenvalue weighted by Crippen LogP contribution is 2.45. The predicted octanol–water partition coefficient (Wildman–Crippen LogP) is 5.84. The molecule has 1 atom stereocenters. The van der Waals surface area contributed by atoms with E-state index in [2.05, 4.69) is 10.4 Å². The Balaban J connectivity index is 1.91. The number of aryl methyl sites for hydroxylation is 1. The van der Waals surface area contributed by atoms with Crippen LogP contribution in [0.25, 0.3) is 22.0 Å². The van der Waals surface area contributed by atoms with Gasteiger partial charge in [-0.25, -0.2) is 8.78 Å². The van der Waals surface area contributed by atoms with Crippen LogP contribution >= 0.6 is 11.6 Å². The SMILES string of the molecule is Cn1nc2c3c(c(-c4cc(F)cc(C(F)(F)F)c4)cc2c1C=O)C(c1cc(F)ccc1Cl)NC3=O. The first-order valence-corrected chi connectivity index (χ1v) is 10.5. The second-order valence-corrected chi connectivity index (χ2v) is 8.44. The van der Waals surface area contributed by atoms with Gasteiger partial charge in [-0.15, -0.1) is 0 Å². The summed E-state index contributed by atoms with van der Waals surface area (Å²) in [5.41, 5.74) is -0.930. The van der Waals surface area contributed by atoms with Crippen LogP contribution < -0.4 is 5.32 Å². The molecule has 5 rings (SSSR count). The Morgan fingerprint density at radius 1 is 1.09 bits per heavy atom. The zero-order valence-corrected chi connectivity index (χ0v) is 18.4. The van der Waals surface area contributed by atoms with Crippen molar-refractivity contribution in [3.8, 4) is 11.1 Å². The van der Waals surface area contributed by atoms with E-state index in [0.717, 1.165) is 24.3 Å². The molecule has 5 nitrogen and oxygen atoms in total. The molecule has 0 radical (unpaired) electrons. The van der Waals surface area contributed by atoms with Gasteiger partial charge in [0.1, 0.15) is 22.8 Å². The Kier molecular flexibility index (Phi) is 5.17. The van der Waals surface area contributed by atoms with Crippen molar-refractivity contribution >= 4 is 34.7 Å². The van der Waals surface area contributed by atoms with E-state index in [1.165, 1.54) is 23.9 Å². The van der Waals surface area contributed by atoms with E-state index in [4.69, 9.17) is 11.6 Å². The van der Waals surface area contributed by atoms with Crippen molar-refractivity contribution in [3.63, 3.8) is 0 Å². The molecule has 0 saturated heterocycles. The molecule has 4 aromatic rings. The summed E-state index contributed by atoms with van der Waals surface area (Å²) in [5, 5.41) is 7.20. The minimum absolute atomic E-state index is 0.0238. The van der Waals surface area contributed by atoms with Gasteiger partial charge < -0.3 is 5.32 Å². The molecular formula is C24H13ClF5N3O2. The topological polar surface area (TPSA) is 64.0 Å². The third-order valence-electron chi connectivity index (χ3n) is 5.92. The third kappa shape index (κ3) is 3.65. The number of amides is 1. The van der Waals surface area contributed by atoms with Crippen LogP contribution in [0.15, 0.2) is 42.5 Å². The molecule has 0 spiro atoms. The highest BCUT2D eigenvalue weighted by molar-refractivity contribution is 6.31. The summed E-state index contributed by atoms with van der Waals surface area (Å²) in [4.78, 5) is 24.8. The maximum Gasteiger partial charge on any atom is 0.416 e. The molecule has 35 heavy (non-hydrogen) atoms. The average Bonchev–Trinajstić information content (AvgIpc) is 3.29.